The zero-order valence-corrected chi connectivity index (χ0v) is 20.1. The van der Waals surface area contributed by atoms with Gasteiger partial charge in [-0.25, -0.2) is 9.36 Å². The molecule has 0 spiro atoms. The second-order valence-corrected chi connectivity index (χ2v) is 9.34. The van der Waals surface area contributed by atoms with E-state index in [2.05, 4.69) is 5.32 Å². The number of carbonyl (C=O) groups excluding carboxylic acids is 1. The molecule has 0 radical (unpaired) electrons. The predicted octanol–water partition coefficient (Wildman–Crippen LogP) is 4.44. The maximum Gasteiger partial charge on any atom is 0.337 e. The Balaban J connectivity index is 1.86. The first kappa shape index (κ1) is 22.8. The highest BCUT2D eigenvalue weighted by molar-refractivity contribution is 7.18. The Morgan fingerprint density at radius 2 is 1.88 bits per heavy atom. The van der Waals surface area contributed by atoms with Crippen LogP contribution in [-0.4, -0.2) is 22.2 Å². The van der Waals surface area contributed by atoms with Crippen molar-refractivity contribution in [1.29, 1.82) is 0 Å². The minimum absolute atomic E-state index is 0.271. The number of rotatable bonds is 5. The van der Waals surface area contributed by atoms with Crippen molar-refractivity contribution in [2.24, 2.45) is 0 Å². The van der Waals surface area contributed by atoms with Crippen molar-refractivity contribution in [3.8, 4) is 11.4 Å². The van der Waals surface area contributed by atoms with E-state index in [-0.39, 0.29) is 6.54 Å². The van der Waals surface area contributed by atoms with Crippen molar-refractivity contribution in [2.45, 2.75) is 27.3 Å². The molecule has 1 amide bonds. The molecule has 2 aromatic heterocycles. The summed E-state index contributed by atoms with van der Waals surface area (Å²) in [5.74, 6) is 0.0976. The molecule has 0 aliphatic rings. The molecule has 33 heavy (non-hydrogen) atoms. The molecule has 0 fully saturated rings. The molecule has 0 aliphatic carbocycles. The van der Waals surface area contributed by atoms with E-state index in [1.54, 1.807) is 36.4 Å². The molecule has 2 aromatic carbocycles. The molecule has 4 rings (SSSR count). The number of carbonyl (C=O) groups is 1. The second kappa shape index (κ2) is 8.88. The van der Waals surface area contributed by atoms with E-state index >= 15 is 0 Å². The number of hydrogen-bond donors (Lipinski definition) is 1. The molecule has 170 valence electrons. The van der Waals surface area contributed by atoms with Gasteiger partial charge >= 0.3 is 5.69 Å². The van der Waals surface area contributed by atoms with Crippen LogP contribution >= 0.6 is 22.9 Å². The lowest BCUT2D eigenvalue weighted by molar-refractivity contribution is -0.116. The Labute approximate surface area is 198 Å². The third kappa shape index (κ3) is 4.19. The summed E-state index contributed by atoms with van der Waals surface area (Å²) < 4.78 is 7.73. The van der Waals surface area contributed by atoms with Crippen LogP contribution in [0.5, 0.6) is 5.75 Å². The molecule has 9 heteroatoms. The molecule has 0 atom stereocenters. The summed E-state index contributed by atoms with van der Waals surface area (Å²) in [4.78, 5) is 41.2. The minimum Gasteiger partial charge on any atom is -0.495 e. The number of hydrogen-bond acceptors (Lipinski definition) is 5. The summed E-state index contributed by atoms with van der Waals surface area (Å²) in [5.41, 5.74) is 1.54. The summed E-state index contributed by atoms with van der Waals surface area (Å²) in [6.45, 7) is 5.36. The van der Waals surface area contributed by atoms with E-state index in [4.69, 9.17) is 16.3 Å². The second-order valence-electron chi connectivity index (χ2n) is 7.70. The largest absolute Gasteiger partial charge is 0.495 e. The Morgan fingerprint density at radius 1 is 1.12 bits per heavy atom. The van der Waals surface area contributed by atoms with Gasteiger partial charge < -0.3 is 10.1 Å². The van der Waals surface area contributed by atoms with Crippen LogP contribution in [0.3, 0.4) is 0 Å². The fourth-order valence-corrected chi connectivity index (χ4v) is 5.02. The first-order chi connectivity index (χ1) is 15.7. The number of nitrogens with zero attached hydrogens (tertiary/aromatic N) is 2. The maximum atomic E-state index is 13.5. The average Bonchev–Trinajstić information content (AvgIpc) is 3.06. The van der Waals surface area contributed by atoms with Crippen LogP contribution in [0.2, 0.25) is 5.02 Å². The zero-order valence-electron chi connectivity index (χ0n) is 18.6. The zero-order chi connectivity index (χ0) is 23.9. The molecule has 0 unspecified atom stereocenters. The van der Waals surface area contributed by atoms with Crippen LogP contribution in [0.1, 0.15) is 16.0 Å². The van der Waals surface area contributed by atoms with E-state index in [0.29, 0.717) is 32.4 Å². The number of aryl methyl sites for hydroxylation is 3. The number of aromatic nitrogens is 2. The molecule has 0 bridgehead atoms. The Morgan fingerprint density at radius 3 is 2.58 bits per heavy atom. The SMILES string of the molecule is COc1ccc(C)cc1NC(=O)Cn1c(=O)n(-c2cccc(Cl)c2)c(=O)c2c(C)c(C)sc21. The van der Waals surface area contributed by atoms with E-state index in [0.717, 1.165) is 20.6 Å². The number of amides is 1. The van der Waals surface area contributed by atoms with Crippen molar-refractivity contribution in [3.63, 3.8) is 0 Å². The van der Waals surface area contributed by atoms with Crippen molar-refractivity contribution < 1.29 is 9.53 Å². The molecular weight excluding hydrogens is 462 g/mol. The molecule has 0 saturated carbocycles. The van der Waals surface area contributed by atoms with Gasteiger partial charge in [-0.05, 0) is 62.2 Å². The van der Waals surface area contributed by atoms with Crippen molar-refractivity contribution in [1.82, 2.24) is 9.13 Å². The quantitative estimate of drug-likeness (QED) is 0.455. The number of nitrogens with one attached hydrogen (secondary N) is 1. The fourth-order valence-electron chi connectivity index (χ4n) is 3.69. The van der Waals surface area contributed by atoms with Gasteiger partial charge in [0.15, 0.2) is 0 Å². The van der Waals surface area contributed by atoms with Gasteiger partial charge in [-0.2, -0.15) is 0 Å². The molecule has 2 heterocycles. The summed E-state index contributed by atoms with van der Waals surface area (Å²) in [7, 11) is 1.52. The minimum atomic E-state index is -0.609. The van der Waals surface area contributed by atoms with Crippen molar-refractivity contribution >= 4 is 44.7 Å². The highest BCUT2D eigenvalue weighted by Crippen LogP contribution is 2.28. The first-order valence-electron chi connectivity index (χ1n) is 10.2. The lowest BCUT2D eigenvalue weighted by atomic mass is 10.2. The van der Waals surface area contributed by atoms with Crippen LogP contribution in [0.25, 0.3) is 15.9 Å². The lowest BCUT2D eigenvalue weighted by Gasteiger charge is -2.14. The Kier molecular flexibility index (Phi) is 6.14. The Hall–Kier alpha value is -3.36. The standard InChI is InChI=1S/C24H22ClN3O4S/c1-13-8-9-19(32-4)18(10-13)26-20(29)12-27-23-21(14(2)15(3)33-23)22(30)28(24(27)31)17-7-5-6-16(25)11-17/h5-11H,12H2,1-4H3,(H,26,29). The van der Waals surface area contributed by atoms with Crippen LogP contribution in [-0.2, 0) is 11.3 Å². The van der Waals surface area contributed by atoms with Crippen molar-refractivity contribution in [2.75, 3.05) is 12.4 Å². The van der Waals surface area contributed by atoms with Gasteiger partial charge in [0.2, 0.25) is 5.91 Å². The van der Waals surface area contributed by atoms with Crippen LogP contribution in [0.4, 0.5) is 5.69 Å². The number of thiophene rings is 1. The van der Waals surface area contributed by atoms with Gasteiger partial charge in [0.05, 0.1) is 23.9 Å². The molecule has 0 saturated heterocycles. The first-order valence-corrected chi connectivity index (χ1v) is 11.4. The molecule has 0 aliphatic heterocycles. The van der Waals surface area contributed by atoms with E-state index in [9.17, 15) is 14.4 Å². The number of methoxy groups -OCH3 is 1. The average molecular weight is 484 g/mol. The Bertz CT molecular complexity index is 1520. The van der Waals surface area contributed by atoms with E-state index in [1.165, 1.54) is 23.0 Å². The van der Waals surface area contributed by atoms with Gasteiger partial charge in [0.1, 0.15) is 17.1 Å². The number of halogens is 1. The molecular formula is C24H22ClN3O4S. The third-order valence-corrected chi connectivity index (χ3v) is 6.91. The number of ether oxygens (including phenoxy) is 1. The maximum absolute atomic E-state index is 13.5. The van der Waals surface area contributed by atoms with Crippen LogP contribution in [0.15, 0.2) is 52.1 Å². The number of benzene rings is 2. The molecule has 1 N–H and O–H groups in total. The van der Waals surface area contributed by atoms with Crippen molar-refractivity contribution in [3.05, 3.63) is 84.3 Å². The van der Waals surface area contributed by atoms with Gasteiger partial charge in [-0.1, -0.05) is 23.7 Å². The molecule has 7 nitrogen and oxygen atoms in total. The predicted molar refractivity (Wildman–Crippen MR) is 133 cm³/mol. The monoisotopic (exact) mass is 483 g/mol. The third-order valence-electron chi connectivity index (χ3n) is 5.45. The highest BCUT2D eigenvalue weighted by atomic mass is 35.5. The van der Waals surface area contributed by atoms with Gasteiger partial charge in [0, 0.05) is 9.90 Å². The normalized spacial score (nSPS) is 11.1. The van der Waals surface area contributed by atoms with Gasteiger partial charge in [-0.15, -0.1) is 11.3 Å². The topological polar surface area (TPSA) is 82.3 Å². The molecule has 4 aromatic rings. The highest BCUT2D eigenvalue weighted by Gasteiger charge is 2.21. The summed E-state index contributed by atoms with van der Waals surface area (Å²) in [6.07, 6.45) is 0. The fraction of sp³-hybridized carbons (Fsp3) is 0.208. The van der Waals surface area contributed by atoms with Gasteiger partial charge in [0.25, 0.3) is 5.56 Å². The van der Waals surface area contributed by atoms with Gasteiger partial charge in [-0.3, -0.25) is 14.2 Å². The summed E-state index contributed by atoms with van der Waals surface area (Å²) in [6, 6.07) is 11.9. The smallest absolute Gasteiger partial charge is 0.337 e. The van der Waals surface area contributed by atoms with E-state index < -0.39 is 17.2 Å². The number of anilines is 1. The van der Waals surface area contributed by atoms with E-state index in [1.807, 2.05) is 26.8 Å². The van der Waals surface area contributed by atoms with Crippen LogP contribution in [0, 0.1) is 20.8 Å². The lowest BCUT2D eigenvalue weighted by Crippen LogP contribution is -2.40. The summed E-state index contributed by atoms with van der Waals surface area (Å²) in [5, 5.41) is 3.63. The van der Waals surface area contributed by atoms with Crippen LogP contribution < -0.4 is 21.3 Å². The number of fused-ring (bicyclic) bond motifs is 1. The summed E-state index contributed by atoms with van der Waals surface area (Å²) >= 11 is 7.43.